The number of hydrogen-bond acceptors (Lipinski definition) is 3. The largest absolute Gasteiger partial charge is 0.316 e. The fraction of sp³-hybridized carbons (Fsp3) is 0.571. The molecule has 1 N–H and O–H groups in total. The van der Waals surface area contributed by atoms with E-state index in [1.807, 2.05) is 6.92 Å². The second-order valence-corrected chi connectivity index (χ2v) is 7.86. The van der Waals surface area contributed by atoms with Gasteiger partial charge in [-0.05, 0) is 38.4 Å². The molecule has 0 amide bonds. The summed E-state index contributed by atoms with van der Waals surface area (Å²) in [5.41, 5.74) is 0.620. The summed E-state index contributed by atoms with van der Waals surface area (Å²) in [6.07, 6.45) is 2.63. The highest BCUT2D eigenvalue weighted by Crippen LogP contribution is 2.37. The average molecular weight is 351 g/mol. The fourth-order valence-electron chi connectivity index (χ4n) is 2.32. The van der Waals surface area contributed by atoms with Crippen molar-refractivity contribution in [1.82, 2.24) is 9.62 Å². The topological polar surface area (TPSA) is 49.4 Å². The van der Waals surface area contributed by atoms with Crippen LogP contribution in [0.1, 0.15) is 31.7 Å². The van der Waals surface area contributed by atoms with E-state index in [-0.39, 0.29) is 16.0 Å². The number of nitrogens with one attached hydrogen (secondary N) is 1. The minimum absolute atomic E-state index is 0.120. The van der Waals surface area contributed by atoms with Gasteiger partial charge < -0.3 is 5.32 Å². The minimum atomic E-state index is -3.57. The predicted molar refractivity (Wildman–Crippen MR) is 86.4 cm³/mol. The second-order valence-electron chi connectivity index (χ2n) is 5.22. The van der Waals surface area contributed by atoms with Crippen molar-refractivity contribution in [3.63, 3.8) is 0 Å². The van der Waals surface area contributed by atoms with E-state index in [1.165, 1.54) is 6.07 Å². The van der Waals surface area contributed by atoms with Gasteiger partial charge in [0, 0.05) is 29.7 Å². The lowest BCUT2D eigenvalue weighted by Crippen LogP contribution is -2.34. The van der Waals surface area contributed by atoms with Crippen LogP contribution >= 0.6 is 23.2 Å². The molecule has 0 unspecified atom stereocenters. The maximum Gasteiger partial charge on any atom is 0.244 e. The SMILES string of the molecule is CCCN(C1CC1)S(=O)(=O)c1ccc(Cl)c(CNC)c1Cl. The smallest absolute Gasteiger partial charge is 0.244 e. The van der Waals surface area contributed by atoms with E-state index in [1.54, 1.807) is 17.4 Å². The first-order valence-corrected chi connectivity index (χ1v) is 9.26. The van der Waals surface area contributed by atoms with Gasteiger partial charge in [-0.1, -0.05) is 30.1 Å². The van der Waals surface area contributed by atoms with Crippen molar-refractivity contribution in [2.24, 2.45) is 0 Å². The van der Waals surface area contributed by atoms with Crippen molar-refractivity contribution in [2.75, 3.05) is 13.6 Å². The van der Waals surface area contributed by atoms with Gasteiger partial charge in [-0.2, -0.15) is 4.31 Å². The van der Waals surface area contributed by atoms with Crippen LogP contribution in [-0.4, -0.2) is 32.4 Å². The van der Waals surface area contributed by atoms with Crippen molar-refractivity contribution in [2.45, 2.75) is 43.7 Å². The molecule has 0 radical (unpaired) electrons. The Morgan fingerprint density at radius 2 is 2.00 bits per heavy atom. The first-order valence-electron chi connectivity index (χ1n) is 7.06. The van der Waals surface area contributed by atoms with E-state index in [9.17, 15) is 8.42 Å². The van der Waals surface area contributed by atoms with E-state index in [4.69, 9.17) is 23.2 Å². The zero-order chi connectivity index (χ0) is 15.6. The standard InChI is InChI=1S/C14H20Cl2N2O2S/c1-3-8-18(10-4-5-10)21(19,20)13-7-6-12(15)11(9-17-2)14(13)16/h6-7,10,17H,3-5,8-9H2,1-2H3. The highest BCUT2D eigenvalue weighted by atomic mass is 35.5. The molecule has 1 fully saturated rings. The maximum atomic E-state index is 12.9. The summed E-state index contributed by atoms with van der Waals surface area (Å²) >= 11 is 12.4. The molecule has 118 valence electrons. The van der Waals surface area contributed by atoms with E-state index >= 15 is 0 Å². The molecule has 0 bridgehead atoms. The number of halogens is 2. The van der Waals surface area contributed by atoms with E-state index in [0.717, 1.165) is 19.3 Å². The molecule has 0 saturated heterocycles. The third kappa shape index (κ3) is 3.54. The van der Waals surface area contributed by atoms with Gasteiger partial charge in [0.05, 0.1) is 5.02 Å². The Labute approximate surface area is 136 Å². The third-order valence-electron chi connectivity index (χ3n) is 3.49. The van der Waals surface area contributed by atoms with Crippen molar-refractivity contribution in [3.05, 3.63) is 27.7 Å². The quantitative estimate of drug-likeness (QED) is 0.820. The lowest BCUT2D eigenvalue weighted by Gasteiger charge is -2.22. The first kappa shape index (κ1) is 17.0. The van der Waals surface area contributed by atoms with Crippen LogP contribution in [-0.2, 0) is 16.6 Å². The highest BCUT2D eigenvalue weighted by Gasteiger charge is 2.38. The Bertz CT molecular complexity index is 616. The van der Waals surface area contributed by atoms with Gasteiger partial charge in [0.1, 0.15) is 4.90 Å². The molecule has 7 heteroatoms. The Balaban J connectivity index is 2.46. The summed E-state index contributed by atoms with van der Waals surface area (Å²) in [6, 6.07) is 3.23. The van der Waals surface area contributed by atoms with Gasteiger partial charge in [-0.3, -0.25) is 0 Å². The fourth-order valence-corrected chi connectivity index (χ4v) is 4.99. The Hall–Kier alpha value is -0.330. The van der Waals surface area contributed by atoms with E-state index in [0.29, 0.717) is 23.7 Å². The van der Waals surface area contributed by atoms with Gasteiger partial charge in [0.2, 0.25) is 10.0 Å². The van der Waals surface area contributed by atoms with Crippen LogP contribution in [0.2, 0.25) is 10.0 Å². The van der Waals surface area contributed by atoms with Crippen LogP contribution in [0.4, 0.5) is 0 Å². The minimum Gasteiger partial charge on any atom is -0.316 e. The summed E-state index contributed by atoms with van der Waals surface area (Å²) in [5, 5.41) is 3.65. The van der Waals surface area contributed by atoms with E-state index < -0.39 is 10.0 Å². The molecule has 0 aromatic heterocycles. The summed E-state index contributed by atoms with van der Waals surface area (Å²) < 4.78 is 27.3. The normalized spacial score (nSPS) is 15.7. The van der Waals surface area contributed by atoms with Crippen molar-refractivity contribution in [1.29, 1.82) is 0 Å². The van der Waals surface area contributed by atoms with Crippen molar-refractivity contribution in [3.8, 4) is 0 Å². The molecule has 1 aromatic rings. The molecule has 0 atom stereocenters. The van der Waals surface area contributed by atoms with Crippen LogP contribution in [0.3, 0.4) is 0 Å². The molecule has 21 heavy (non-hydrogen) atoms. The van der Waals surface area contributed by atoms with Crippen LogP contribution in [0.25, 0.3) is 0 Å². The van der Waals surface area contributed by atoms with E-state index in [2.05, 4.69) is 5.32 Å². The Morgan fingerprint density at radius 1 is 1.33 bits per heavy atom. The molecule has 2 rings (SSSR count). The number of sulfonamides is 1. The van der Waals surface area contributed by atoms with Crippen LogP contribution in [0.5, 0.6) is 0 Å². The highest BCUT2D eigenvalue weighted by molar-refractivity contribution is 7.89. The summed E-state index contributed by atoms with van der Waals surface area (Å²) in [7, 11) is -1.81. The summed E-state index contributed by atoms with van der Waals surface area (Å²) in [6.45, 7) is 2.92. The average Bonchev–Trinajstić information content (AvgIpc) is 3.24. The molecule has 4 nitrogen and oxygen atoms in total. The van der Waals surface area contributed by atoms with Crippen LogP contribution < -0.4 is 5.32 Å². The van der Waals surface area contributed by atoms with Crippen molar-refractivity contribution < 1.29 is 8.42 Å². The van der Waals surface area contributed by atoms with Gasteiger partial charge in [-0.15, -0.1) is 0 Å². The van der Waals surface area contributed by atoms with Gasteiger partial charge in [0.15, 0.2) is 0 Å². The van der Waals surface area contributed by atoms with Gasteiger partial charge >= 0.3 is 0 Å². The molecule has 0 aliphatic heterocycles. The van der Waals surface area contributed by atoms with Crippen LogP contribution in [0.15, 0.2) is 17.0 Å². The lowest BCUT2D eigenvalue weighted by molar-refractivity contribution is 0.403. The molecular formula is C14H20Cl2N2O2S. The Morgan fingerprint density at radius 3 is 2.52 bits per heavy atom. The van der Waals surface area contributed by atoms with Crippen LogP contribution in [0, 0.1) is 0 Å². The zero-order valence-corrected chi connectivity index (χ0v) is 14.5. The number of hydrogen-bond donors (Lipinski definition) is 1. The number of rotatable bonds is 7. The molecule has 1 aromatic carbocycles. The molecule has 1 aliphatic carbocycles. The zero-order valence-electron chi connectivity index (χ0n) is 12.2. The monoisotopic (exact) mass is 350 g/mol. The van der Waals surface area contributed by atoms with Gasteiger partial charge in [0.25, 0.3) is 0 Å². The molecule has 0 heterocycles. The third-order valence-corrected chi connectivity index (χ3v) is 6.38. The summed E-state index contributed by atoms with van der Waals surface area (Å²) in [5.74, 6) is 0. The first-order chi connectivity index (χ1) is 9.93. The predicted octanol–water partition coefficient (Wildman–Crippen LogP) is 3.28. The second kappa shape index (κ2) is 6.84. The van der Waals surface area contributed by atoms with Crippen molar-refractivity contribution >= 4 is 33.2 Å². The molecular weight excluding hydrogens is 331 g/mol. The number of benzene rings is 1. The lowest BCUT2D eigenvalue weighted by atomic mass is 10.2. The van der Waals surface area contributed by atoms with Gasteiger partial charge in [-0.25, -0.2) is 8.42 Å². The molecule has 0 spiro atoms. The maximum absolute atomic E-state index is 12.9. The molecule has 1 aliphatic rings. The number of nitrogens with zero attached hydrogens (tertiary/aromatic N) is 1. The summed E-state index contributed by atoms with van der Waals surface area (Å²) in [4.78, 5) is 0.152. The Kier molecular flexibility index (Phi) is 5.54. The molecule has 1 saturated carbocycles.